The van der Waals surface area contributed by atoms with E-state index in [1.807, 2.05) is 97.9 Å². The van der Waals surface area contributed by atoms with Crippen LogP contribution in [0.2, 0.25) is 0 Å². The first-order valence-corrected chi connectivity index (χ1v) is 11.6. The van der Waals surface area contributed by atoms with Crippen molar-refractivity contribution < 1.29 is 19.4 Å². The maximum Gasteiger partial charge on any atom is 0.414 e. The van der Waals surface area contributed by atoms with E-state index in [4.69, 9.17) is 4.74 Å². The van der Waals surface area contributed by atoms with E-state index in [1.165, 1.54) is 0 Å². The van der Waals surface area contributed by atoms with Gasteiger partial charge in [-0.1, -0.05) is 78.9 Å². The summed E-state index contributed by atoms with van der Waals surface area (Å²) in [4.78, 5) is 29.6. The summed E-state index contributed by atoms with van der Waals surface area (Å²) in [6.07, 6.45) is -0.491. The molecule has 3 atom stereocenters. The van der Waals surface area contributed by atoms with Crippen LogP contribution in [0, 0.1) is 0 Å². The minimum atomic E-state index is -0.775. The van der Waals surface area contributed by atoms with Crippen LogP contribution in [-0.2, 0) is 16.1 Å². The topological polar surface area (TPSA) is 70.1 Å². The van der Waals surface area contributed by atoms with Crippen LogP contribution in [-0.4, -0.2) is 40.6 Å². The van der Waals surface area contributed by atoms with Crippen molar-refractivity contribution in [1.82, 2.24) is 4.90 Å². The van der Waals surface area contributed by atoms with E-state index in [9.17, 15) is 14.7 Å². The molecule has 0 radical (unpaired) electrons. The first-order valence-electron chi connectivity index (χ1n) is 11.6. The SMILES string of the molecule is C[C@@H]([C@H](O)c1ccccc1)N1CC[C@H](N(C(=O)OCc2ccccc2)c2ccccc2)CC1=O. The van der Waals surface area contributed by atoms with Gasteiger partial charge in [0, 0.05) is 18.7 Å². The number of carbonyl (C=O) groups is 2. The molecule has 34 heavy (non-hydrogen) atoms. The molecule has 4 rings (SSSR count). The van der Waals surface area contributed by atoms with Gasteiger partial charge < -0.3 is 14.7 Å². The number of rotatable bonds is 7. The molecule has 176 valence electrons. The van der Waals surface area contributed by atoms with Crippen LogP contribution in [0.25, 0.3) is 0 Å². The fourth-order valence-corrected chi connectivity index (χ4v) is 4.43. The van der Waals surface area contributed by atoms with Crippen LogP contribution in [0.15, 0.2) is 91.0 Å². The number of hydrogen-bond acceptors (Lipinski definition) is 4. The highest BCUT2D eigenvalue weighted by atomic mass is 16.6. The van der Waals surface area contributed by atoms with Crippen molar-refractivity contribution in [2.75, 3.05) is 11.4 Å². The van der Waals surface area contributed by atoms with Gasteiger partial charge in [0.25, 0.3) is 0 Å². The maximum absolute atomic E-state index is 13.2. The Hall–Kier alpha value is -3.64. The van der Waals surface area contributed by atoms with Gasteiger partial charge in [-0.15, -0.1) is 0 Å². The molecule has 1 heterocycles. The van der Waals surface area contributed by atoms with Gasteiger partial charge in [-0.05, 0) is 36.6 Å². The number of benzene rings is 3. The third kappa shape index (κ3) is 5.46. The van der Waals surface area contributed by atoms with E-state index in [0.717, 1.165) is 11.1 Å². The zero-order valence-electron chi connectivity index (χ0n) is 19.3. The smallest absolute Gasteiger partial charge is 0.414 e. The zero-order valence-corrected chi connectivity index (χ0v) is 19.3. The Bertz CT molecular complexity index is 1080. The summed E-state index contributed by atoms with van der Waals surface area (Å²) in [5.41, 5.74) is 2.38. The van der Waals surface area contributed by atoms with E-state index in [2.05, 4.69) is 0 Å². The molecule has 1 N–H and O–H groups in total. The molecule has 1 saturated heterocycles. The molecule has 3 aromatic rings. The van der Waals surface area contributed by atoms with E-state index in [1.54, 1.807) is 9.80 Å². The van der Waals surface area contributed by atoms with Crippen LogP contribution in [0.3, 0.4) is 0 Å². The van der Waals surface area contributed by atoms with Crippen molar-refractivity contribution in [2.24, 2.45) is 0 Å². The fourth-order valence-electron chi connectivity index (χ4n) is 4.43. The molecule has 1 aliphatic rings. The summed E-state index contributed by atoms with van der Waals surface area (Å²) >= 11 is 0. The molecule has 0 unspecified atom stereocenters. The van der Waals surface area contributed by atoms with Gasteiger partial charge in [-0.3, -0.25) is 9.69 Å². The van der Waals surface area contributed by atoms with Gasteiger partial charge >= 0.3 is 6.09 Å². The van der Waals surface area contributed by atoms with Gasteiger partial charge in [0.05, 0.1) is 18.2 Å². The lowest BCUT2D eigenvalue weighted by Crippen LogP contribution is -2.53. The number of hydrogen-bond donors (Lipinski definition) is 1. The second-order valence-electron chi connectivity index (χ2n) is 8.58. The molecule has 3 aromatic carbocycles. The minimum absolute atomic E-state index is 0.0875. The Labute approximate surface area is 200 Å². The lowest BCUT2D eigenvalue weighted by atomic mass is 9.96. The van der Waals surface area contributed by atoms with Crippen molar-refractivity contribution in [3.05, 3.63) is 102 Å². The average molecular weight is 459 g/mol. The Morgan fingerprint density at radius 3 is 2.21 bits per heavy atom. The second-order valence-corrected chi connectivity index (χ2v) is 8.58. The van der Waals surface area contributed by atoms with Crippen LogP contribution < -0.4 is 4.90 Å². The van der Waals surface area contributed by atoms with Gasteiger partial charge in [0.1, 0.15) is 6.61 Å². The molecule has 1 fully saturated rings. The number of nitrogens with zero attached hydrogens (tertiary/aromatic N) is 2. The molecule has 6 heteroatoms. The number of para-hydroxylation sites is 1. The number of carbonyl (C=O) groups excluding carboxylic acids is 2. The lowest BCUT2D eigenvalue weighted by Gasteiger charge is -2.41. The molecule has 2 amide bonds. The first kappa shape index (κ1) is 23.5. The van der Waals surface area contributed by atoms with E-state index in [-0.39, 0.29) is 31.0 Å². The van der Waals surface area contributed by atoms with Crippen molar-refractivity contribution in [3.8, 4) is 0 Å². The molecule has 0 bridgehead atoms. The van der Waals surface area contributed by atoms with Gasteiger partial charge in [0.15, 0.2) is 0 Å². The third-order valence-electron chi connectivity index (χ3n) is 6.32. The number of piperidine rings is 1. The maximum atomic E-state index is 13.2. The number of amides is 2. The van der Waals surface area contributed by atoms with Crippen LogP contribution in [0.1, 0.15) is 37.0 Å². The van der Waals surface area contributed by atoms with Crippen molar-refractivity contribution in [1.29, 1.82) is 0 Å². The summed E-state index contributed by atoms with van der Waals surface area (Å²) in [7, 11) is 0. The van der Waals surface area contributed by atoms with Crippen molar-refractivity contribution in [2.45, 2.75) is 44.6 Å². The summed E-state index contributed by atoms with van der Waals surface area (Å²) in [5.74, 6) is -0.0875. The second kappa shape index (κ2) is 11.0. The summed E-state index contributed by atoms with van der Waals surface area (Å²) in [5, 5.41) is 10.8. The van der Waals surface area contributed by atoms with Gasteiger partial charge in [-0.25, -0.2) is 4.79 Å². The number of ether oxygens (including phenoxy) is 1. The normalized spacial score (nSPS) is 17.6. The molecule has 6 nitrogen and oxygen atoms in total. The number of aliphatic hydroxyl groups excluding tert-OH is 1. The van der Waals surface area contributed by atoms with Crippen LogP contribution in [0.4, 0.5) is 10.5 Å². The summed E-state index contributed by atoms with van der Waals surface area (Å²) in [6.45, 7) is 2.47. The Balaban J connectivity index is 1.46. The molecule has 0 aromatic heterocycles. The van der Waals surface area contributed by atoms with Gasteiger partial charge in [0.2, 0.25) is 5.91 Å². The molecule has 0 spiro atoms. The zero-order chi connectivity index (χ0) is 23.9. The molecular weight excluding hydrogens is 428 g/mol. The fraction of sp³-hybridized carbons (Fsp3) is 0.286. The first-order chi connectivity index (χ1) is 16.5. The van der Waals surface area contributed by atoms with E-state index < -0.39 is 12.2 Å². The van der Waals surface area contributed by atoms with Crippen molar-refractivity contribution >= 4 is 17.7 Å². The highest BCUT2D eigenvalue weighted by Gasteiger charge is 2.37. The average Bonchev–Trinajstić information content (AvgIpc) is 2.89. The summed E-state index contributed by atoms with van der Waals surface area (Å²) in [6, 6.07) is 27.5. The lowest BCUT2D eigenvalue weighted by molar-refractivity contribution is -0.138. The highest BCUT2D eigenvalue weighted by molar-refractivity contribution is 5.90. The Morgan fingerprint density at radius 1 is 1.00 bits per heavy atom. The van der Waals surface area contributed by atoms with E-state index in [0.29, 0.717) is 18.7 Å². The molecule has 1 aliphatic heterocycles. The predicted molar refractivity (Wildman–Crippen MR) is 131 cm³/mol. The largest absolute Gasteiger partial charge is 0.444 e. The Kier molecular flexibility index (Phi) is 7.60. The highest BCUT2D eigenvalue weighted by Crippen LogP contribution is 2.29. The molecule has 0 aliphatic carbocycles. The quantitative estimate of drug-likeness (QED) is 0.544. The van der Waals surface area contributed by atoms with Crippen LogP contribution in [0.5, 0.6) is 0 Å². The number of anilines is 1. The minimum Gasteiger partial charge on any atom is -0.444 e. The number of likely N-dealkylation sites (tertiary alicyclic amines) is 1. The standard InChI is InChI=1S/C28H30N2O4/c1-21(27(32)23-13-7-3-8-14-23)29-18-17-25(19-26(29)31)30(24-15-9-4-10-16-24)28(33)34-20-22-11-5-2-6-12-22/h2-16,21,25,27,32H,17-20H2,1H3/t21-,25-,27-/m0/s1. The number of aliphatic hydroxyl groups is 1. The molecule has 0 saturated carbocycles. The van der Waals surface area contributed by atoms with Crippen LogP contribution >= 0.6 is 0 Å². The molecular formula is C28H30N2O4. The van der Waals surface area contributed by atoms with Crippen molar-refractivity contribution in [3.63, 3.8) is 0 Å². The monoisotopic (exact) mass is 458 g/mol. The van der Waals surface area contributed by atoms with E-state index >= 15 is 0 Å². The predicted octanol–water partition coefficient (Wildman–Crippen LogP) is 4.94. The summed E-state index contributed by atoms with van der Waals surface area (Å²) < 4.78 is 5.63. The Morgan fingerprint density at radius 2 is 1.59 bits per heavy atom. The van der Waals surface area contributed by atoms with Gasteiger partial charge in [-0.2, -0.15) is 0 Å². The third-order valence-corrected chi connectivity index (χ3v) is 6.32.